The van der Waals surface area contributed by atoms with E-state index in [0.717, 1.165) is 0 Å². The molecule has 0 radical (unpaired) electrons. The molecular weight excluding hydrogens is 268 g/mol. The lowest BCUT2D eigenvalue weighted by molar-refractivity contribution is 0.193. The molecule has 3 atom stereocenters. The van der Waals surface area contributed by atoms with Crippen LogP contribution in [-0.4, -0.2) is 14.0 Å². The summed E-state index contributed by atoms with van der Waals surface area (Å²) in [5.74, 6) is 0. The molecular formula is C14H13ClO2S. The summed E-state index contributed by atoms with van der Waals surface area (Å²) in [5.41, 5.74) is 0.668. The van der Waals surface area contributed by atoms with E-state index in [2.05, 4.69) is 0 Å². The van der Waals surface area contributed by atoms with Crippen molar-refractivity contribution in [1.29, 1.82) is 0 Å². The van der Waals surface area contributed by atoms with Gasteiger partial charge in [0.25, 0.3) is 0 Å². The molecule has 0 amide bonds. The molecule has 0 saturated carbocycles. The van der Waals surface area contributed by atoms with Gasteiger partial charge >= 0.3 is 0 Å². The van der Waals surface area contributed by atoms with E-state index in [1.165, 1.54) is 0 Å². The lowest BCUT2D eigenvalue weighted by Gasteiger charge is -2.16. The van der Waals surface area contributed by atoms with Crippen LogP contribution in [0.1, 0.15) is 11.7 Å². The molecule has 4 heteroatoms. The van der Waals surface area contributed by atoms with E-state index in [0.29, 0.717) is 10.5 Å². The van der Waals surface area contributed by atoms with Crippen LogP contribution in [0.15, 0.2) is 65.6 Å². The number of hydrogen-bond donors (Lipinski definition) is 1. The maximum absolute atomic E-state index is 12.2. The molecule has 18 heavy (non-hydrogen) atoms. The fourth-order valence-corrected chi connectivity index (χ4v) is 3.13. The number of alkyl halides is 1. The molecule has 94 valence electrons. The minimum atomic E-state index is -1.44. The van der Waals surface area contributed by atoms with E-state index in [4.69, 9.17) is 11.6 Å². The average Bonchev–Trinajstić information content (AvgIpc) is 2.47. The largest absolute Gasteiger partial charge is 0.386 e. The van der Waals surface area contributed by atoms with Gasteiger partial charge in [-0.15, -0.1) is 11.6 Å². The minimum Gasteiger partial charge on any atom is -0.386 e. The smallest absolute Gasteiger partial charge is 0.143 e. The maximum atomic E-state index is 12.2. The fraction of sp³-hybridized carbons (Fsp3) is 0.143. The van der Waals surface area contributed by atoms with E-state index in [1.807, 2.05) is 24.3 Å². The Morgan fingerprint density at radius 3 is 2.00 bits per heavy atom. The third kappa shape index (κ3) is 2.99. The van der Waals surface area contributed by atoms with Gasteiger partial charge in [0.05, 0.1) is 10.8 Å². The molecule has 1 N–H and O–H groups in total. The van der Waals surface area contributed by atoms with Crippen molar-refractivity contribution < 1.29 is 9.32 Å². The highest BCUT2D eigenvalue weighted by Gasteiger charge is 2.25. The summed E-state index contributed by atoms with van der Waals surface area (Å²) < 4.78 is 11.3. The van der Waals surface area contributed by atoms with Crippen LogP contribution >= 0.6 is 11.6 Å². The van der Waals surface area contributed by atoms with E-state index in [1.54, 1.807) is 36.4 Å². The Bertz CT molecular complexity index is 516. The van der Waals surface area contributed by atoms with Crippen molar-refractivity contribution in [3.63, 3.8) is 0 Å². The van der Waals surface area contributed by atoms with Crippen LogP contribution in [0.2, 0.25) is 0 Å². The highest BCUT2D eigenvalue weighted by atomic mass is 35.5. The zero-order chi connectivity index (χ0) is 13.0. The van der Waals surface area contributed by atoms with Gasteiger partial charge in [0.15, 0.2) is 0 Å². The Labute approximate surface area is 114 Å². The van der Waals surface area contributed by atoms with Crippen LogP contribution in [0.25, 0.3) is 0 Å². The van der Waals surface area contributed by atoms with Crippen LogP contribution in [0, 0.1) is 0 Å². The monoisotopic (exact) mass is 280 g/mol. The van der Waals surface area contributed by atoms with Crippen LogP contribution in [0.5, 0.6) is 0 Å². The first-order valence-electron chi connectivity index (χ1n) is 5.53. The van der Waals surface area contributed by atoms with Gasteiger partial charge in [-0.05, 0) is 17.7 Å². The number of hydrogen-bond acceptors (Lipinski definition) is 2. The summed E-state index contributed by atoms with van der Waals surface area (Å²) in [7, 11) is -1.44. The second kappa shape index (κ2) is 6.14. The summed E-state index contributed by atoms with van der Waals surface area (Å²) >= 11 is 6.10. The molecule has 0 aliphatic carbocycles. The van der Waals surface area contributed by atoms with Crippen molar-refractivity contribution in [3.8, 4) is 0 Å². The molecule has 2 aromatic carbocycles. The van der Waals surface area contributed by atoms with Gasteiger partial charge in [-0.1, -0.05) is 48.5 Å². The first-order valence-corrected chi connectivity index (χ1v) is 7.18. The van der Waals surface area contributed by atoms with Crippen LogP contribution in [0.3, 0.4) is 0 Å². The molecule has 2 nitrogen and oxygen atoms in total. The Kier molecular flexibility index (Phi) is 4.53. The van der Waals surface area contributed by atoms with Crippen molar-refractivity contribution in [2.75, 3.05) is 0 Å². The molecule has 0 bridgehead atoms. The molecule has 0 saturated heterocycles. The second-order valence-corrected chi connectivity index (χ2v) is 6.12. The lowest BCUT2D eigenvalue weighted by Crippen LogP contribution is -2.18. The molecule has 0 spiro atoms. The third-order valence-corrected chi connectivity index (χ3v) is 4.70. The highest BCUT2D eigenvalue weighted by Crippen LogP contribution is 2.26. The highest BCUT2D eigenvalue weighted by molar-refractivity contribution is 7.87. The Morgan fingerprint density at radius 1 is 0.944 bits per heavy atom. The molecule has 0 heterocycles. The van der Waals surface area contributed by atoms with Crippen molar-refractivity contribution in [3.05, 3.63) is 66.2 Å². The van der Waals surface area contributed by atoms with E-state index in [9.17, 15) is 9.32 Å². The van der Waals surface area contributed by atoms with Crippen molar-refractivity contribution >= 4 is 22.4 Å². The quantitative estimate of drug-likeness (QED) is 0.874. The van der Waals surface area contributed by atoms with E-state index >= 15 is 0 Å². The number of aliphatic hydroxyl groups is 1. The predicted octanol–water partition coefficient (Wildman–Crippen LogP) is 3.09. The number of benzene rings is 2. The second-order valence-electron chi connectivity index (χ2n) is 3.82. The first kappa shape index (κ1) is 13.3. The normalized spacial score (nSPS) is 15.9. The number of halogens is 1. The van der Waals surface area contributed by atoms with Crippen LogP contribution < -0.4 is 0 Å². The molecule has 0 aliphatic rings. The van der Waals surface area contributed by atoms with Gasteiger partial charge in [-0.2, -0.15) is 0 Å². The minimum absolute atomic E-state index is 0.618. The molecule has 0 fully saturated rings. The first-order chi connectivity index (χ1) is 8.70. The van der Waals surface area contributed by atoms with Gasteiger partial charge in [-0.3, -0.25) is 4.21 Å². The van der Waals surface area contributed by atoms with E-state index < -0.39 is 21.6 Å². The number of rotatable bonds is 4. The number of aliphatic hydroxyl groups excluding tert-OH is 1. The Balaban J connectivity index is 2.17. The zero-order valence-electron chi connectivity index (χ0n) is 9.57. The standard InChI is InChI=1S/C14H13ClO2S/c15-14(13(16)11-7-3-1-4-8-11)18(17)12-9-5-2-6-10-12/h1-10,13-14,16H. The molecule has 3 unspecified atom stereocenters. The Hall–Kier alpha value is -1.16. The summed E-state index contributed by atoms with van der Waals surface area (Å²) in [6.45, 7) is 0. The van der Waals surface area contributed by atoms with Crippen LogP contribution in [-0.2, 0) is 10.8 Å². The van der Waals surface area contributed by atoms with Gasteiger partial charge in [0.1, 0.15) is 10.8 Å². The SMILES string of the molecule is O=S(c1ccccc1)C(Cl)C(O)c1ccccc1. The molecule has 0 aromatic heterocycles. The van der Waals surface area contributed by atoms with Gasteiger partial charge in [-0.25, -0.2) is 0 Å². The van der Waals surface area contributed by atoms with E-state index in [-0.39, 0.29) is 0 Å². The van der Waals surface area contributed by atoms with Gasteiger partial charge < -0.3 is 5.11 Å². The topological polar surface area (TPSA) is 37.3 Å². The zero-order valence-corrected chi connectivity index (χ0v) is 11.1. The van der Waals surface area contributed by atoms with Crippen molar-refractivity contribution in [1.82, 2.24) is 0 Å². The Morgan fingerprint density at radius 2 is 1.44 bits per heavy atom. The molecule has 0 aliphatic heterocycles. The fourth-order valence-electron chi connectivity index (χ4n) is 1.60. The van der Waals surface area contributed by atoms with Gasteiger partial charge in [0.2, 0.25) is 0 Å². The van der Waals surface area contributed by atoms with Crippen molar-refractivity contribution in [2.24, 2.45) is 0 Å². The lowest BCUT2D eigenvalue weighted by atomic mass is 10.1. The summed E-state index contributed by atoms with van der Waals surface area (Å²) in [6, 6.07) is 17.9. The average molecular weight is 281 g/mol. The maximum Gasteiger partial charge on any atom is 0.143 e. The molecule has 2 aromatic rings. The summed E-state index contributed by atoms with van der Waals surface area (Å²) in [4.78, 5) is 0.618. The van der Waals surface area contributed by atoms with Gasteiger partial charge in [0, 0.05) is 4.90 Å². The summed E-state index contributed by atoms with van der Waals surface area (Å²) in [5, 5.41) is 10.1. The molecule has 2 rings (SSSR count). The van der Waals surface area contributed by atoms with Crippen LogP contribution in [0.4, 0.5) is 0 Å². The predicted molar refractivity (Wildman–Crippen MR) is 73.9 cm³/mol. The third-order valence-electron chi connectivity index (χ3n) is 2.57. The van der Waals surface area contributed by atoms with Crippen molar-refractivity contribution in [2.45, 2.75) is 15.7 Å². The summed E-state index contributed by atoms with van der Waals surface area (Å²) in [6.07, 6.45) is -0.950.